The summed E-state index contributed by atoms with van der Waals surface area (Å²) in [5.74, 6) is 4.12. The number of nitrogens with one attached hydrogen (secondary N) is 2. The van der Waals surface area contributed by atoms with Gasteiger partial charge in [0.2, 0.25) is 0 Å². The van der Waals surface area contributed by atoms with Gasteiger partial charge in [0.25, 0.3) is 0 Å². The van der Waals surface area contributed by atoms with E-state index >= 15 is 0 Å². The van der Waals surface area contributed by atoms with E-state index in [-0.39, 0.29) is 28.7 Å². The first-order valence-corrected chi connectivity index (χ1v) is 9.98. The van der Waals surface area contributed by atoms with Gasteiger partial charge >= 0.3 is 0 Å². The number of halogens is 1. The lowest BCUT2D eigenvalue weighted by Gasteiger charge is -2.24. The molecule has 0 aromatic heterocycles. The molecule has 27 heavy (non-hydrogen) atoms. The van der Waals surface area contributed by atoms with Gasteiger partial charge in [-0.15, -0.1) is 24.0 Å². The Kier molecular flexibility index (Phi) is 10.4. The van der Waals surface area contributed by atoms with Crippen LogP contribution < -0.4 is 24.8 Å². The average Bonchev–Trinajstić information content (AvgIpc) is 3.10. The van der Waals surface area contributed by atoms with Gasteiger partial charge in [-0.25, -0.2) is 4.99 Å². The molecule has 0 amide bonds. The Morgan fingerprint density at radius 3 is 2.33 bits per heavy atom. The van der Waals surface area contributed by atoms with Crippen molar-refractivity contribution in [1.82, 2.24) is 10.6 Å². The number of hydrogen-bond acceptors (Lipinski definition) is 5. The standard InChI is InChI=1S/C19H31N3O3S.HI/c1-6-20-18(22-13-19(2)8-7-9-26-19)21-12-14-10-16(24-4)17(25-5)11-15(14)23-3;/h10-11H,6-9,12-13H2,1-5H3,(H2,20,21,22);1H. The van der Waals surface area contributed by atoms with E-state index in [1.807, 2.05) is 23.9 Å². The van der Waals surface area contributed by atoms with E-state index in [9.17, 15) is 0 Å². The lowest BCUT2D eigenvalue weighted by Crippen LogP contribution is -2.43. The van der Waals surface area contributed by atoms with E-state index in [0.717, 1.165) is 30.4 Å². The van der Waals surface area contributed by atoms with Gasteiger partial charge in [0.15, 0.2) is 17.5 Å². The zero-order valence-electron chi connectivity index (χ0n) is 16.9. The van der Waals surface area contributed by atoms with Crippen LogP contribution in [0, 0.1) is 0 Å². The molecule has 8 heteroatoms. The summed E-state index contributed by atoms with van der Waals surface area (Å²) in [7, 11) is 4.89. The summed E-state index contributed by atoms with van der Waals surface area (Å²) in [5.41, 5.74) is 0.948. The van der Waals surface area contributed by atoms with Crippen LogP contribution in [0.5, 0.6) is 17.2 Å². The highest BCUT2D eigenvalue weighted by Crippen LogP contribution is 2.37. The monoisotopic (exact) mass is 509 g/mol. The molecule has 6 nitrogen and oxygen atoms in total. The predicted octanol–water partition coefficient (Wildman–Crippen LogP) is 3.67. The van der Waals surface area contributed by atoms with Gasteiger partial charge in [0.05, 0.1) is 27.9 Å². The maximum Gasteiger partial charge on any atom is 0.191 e. The third-order valence-electron chi connectivity index (χ3n) is 4.47. The van der Waals surface area contributed by atoms with Crippen LogP contribution >= 0.6 is 35.7 Å². The van der Waals surface area contributed by atoms with Crippen molar-refractivity contribution in [2.45, 2.75) is 38.0 Å². The normalized spacial score (nSPS) is 19.2. The third kappa shape index (κ3) is 6.81. The molecule has 1 aliphatic rings. The summed E-state index contributed by atoms with van der Waals surface area (Å²) in [5, 5.41) is 6.80. The first-order valence-electron chi connectivity index (χ1n) is 9.00. The number of hydrogen-bond donors (Lipinski definition) is 2. The molecule has 154 valence electrons. The Labute approximate surface area is 184 Å². The minimum absolute atomic E-state index is 0. The predicted molar refractivity (Wildman–Crippen MR) is 124 cm³/mol. The summed E-state index contributed by atoms with van der Waals surface area (Å²) in [6, 6.07) is 3.75. The summed E-state index contributed by atoms with van der Waals surface area (Å²) in [6.07, 6.45) is 2.53. The van der Waals surface area contributed by atoms with Crippen molar-refractivity contribution in [2.75, 3.05) is 40.2 Å². The van der Waals surface area contributed by atoms with E-state index < -0.39 is 0 Å². The molecule has 0 saturated carbocycles. The smallest absolute Gasteiger partial charge is 0.191 e. The highest BCUT2D eigenvalue weighted by molar-refractivity contribution is 14.0. The highest BCUT2D eigenvalue weighted by atomic mass is 127. The first-order chi connectivity index (χ1) is 12.5. The van der Waals surface area contributed by atoms with Crippen molar-refractivity contribution in [1.29, 1.82) is 0 Å². The number of rotatable bonds is 8. The van der Waals surface area contributed by atoms with Crippen molar-refractivity contribution in [3.8, 4) is 17.2 Å². The summed E-state index contributed by atoms with van der Waals surface area (Å²) >= 11 is 2.04. The van der Waals surface area contributed by atoms with Crippen LogP contribution in [0.1, 0.15) is 32.3 Å². The van der Waals surface area contributed by atoms with Crippen molar-refractivity contribution in [3.63, 3.8) is 0 Å². The molecule has 2 N–H and O–H groups in total. The molecule has 1 aromatic rings. The summed E-state index contributed by atoms with van der Waals surface area (Å²) < 4.78 is 16.5. The molecule has 0 aliphatic carbocycles. The molecule has 1 aromatic carbocycles. The molecule has 1 saturated heterocycles. The Bertz CT molecular complexity index is 622. The van der Waals surface area contributed by atoms with Crippen LogP contribution in [-0.2, 0) is 6.54 Å². The largest absolute Gasteiger partial charge is 0.496 e. The number of thioether (sulfide) groups is 1. The van der Waals surface area contributed by atoms with Gasteiger partial charge in [-0.1, -0.05) is 0 Å². The maximum absolute atomic E-state index is 5.49. The Balaban J connectivity index is 0.00000364. The Morgan fingerprint density at radius 1 is 1.11 bits per heavy atom. The molecule has 2 rings (SSSR count). The fraction of sp³-hybridized carbons (Fsp3) is 0.632. The average molecular weight is 509 g/mol. The van der Waals surface area contributed by atoms with E-state index in [1.54, 1.807) is 21.3 Å². The molecule has 1 heterocycles. The number of aliphatic imine (C=N–C) groups is 1. The fourth-order valence-corrected chi connectivity index (χ4v) is 4.21. The number of ether oxygens (including phenoxy) is 3. The van der Waals surface area contributed by atoms with E-state index in [0.29, 0.717) is 18.0 Å². The number of guanidine groups is 1. The van der Waals surface area contributed by atoms with Gasteiger partial charge in [0.1, 0.15) is 5.75 Å². The SMILES string of the molecule is CCNC(=NCc1cc(OC)c(OC)cc1OC)NCC1(C)CCCS1.I. The van der Waals surface area contributed by atoms with Crippen LogP contribution in [0.4, 0.5) is 0 Å². The summed E-state index contributed by atoms with van der Waals surface area (Å²) in [6.45, 7) is 6.60. The van der Waals surface area contributed by atoms with Crippen LogP contribution in [0.3, 0.4) is 0 Å². The molecule has 0 bridgehead atoms. The van der Waals surface area contributed by atoms with Crippen LogP contribution in [0.15, 0.2) is 17.1 Å². The molecular formula is C19H32IN3O3S. The zero-order chi connectivity index (χ0) is 19.0. The minimum atomic E-state index is 0. The number of nitrogens with zero attached hydrogens (tertiary/aromatic N) is 1. The van der Waals surface area contributed by atoms with Crippen molar-refractivity contribution in [2.24, 2.45) is 4.99 Å². The molecule has 0 spiro atoms. The molecule has 1 fully saturated rings. The Hall–Kier alpha value is -1.03. The second kappa shape index (κ2) is 11.7. The van der Waals surface area contributed by atoms with E-state index in [4.69, 9.17) is 19.2 Å². The van der Waals surface area contributed by atoms with Crippen molar-refractivity contribution < 1.29 is 14.2 Å². The molecule has 1 aliphatic heterocycles. The topological polar surface area (TPSA) is 64.1 Å². The minimum Gasteiger partial charge on any atom is -0.496 e. The zero-order valence-corrected chi connectivity index (χ0v) is 20.0. The van der Waals surface area contributed by atoms with Gasteiger partial charge in [-0.3, -0.25) is 0 Å². The lowest BCUT2D eigenvalue weighted by atomic mass is 10.1. The maximum atomic E-state index is 5.49. The van der Waals surface area contributed by atoms with Crippen molar-refractivity contribution >= 4 is 41.7 Å². The lowest BCUT2D eigenvalue weighted by molar-refractivity contribution is 0.347. The third-order valence-corrected chi connectivity index (χ3v) is 6.01. The van der Waals surface area contributed by atoms with Crippen LogP contribution in [-0.4, -0.2) is 50.9 Å². The first kappa shape index (κ1) is 24.0. The van der Waals surface area contributed by atoms with Crippen molar-refractivity contribution in [3.05, 3.63) is 17.7 Å². The fourth-order valence-electron chi connectivity index (χ4n) is 2.97. The van der Waals surface area contributed by atoms with E-state index in [1.165, 1.54) is 18.6 Å². The summed E-state index contributed by atoms with van der Waals surface area (Å²) in [4.78, 5) is 4.72. The van der Waals surface area contributed by atoms with Gasteiger partial charge < -0.3 is 24.8 Å². The molecule has 0 radical (unpaired) electrons. The molecular weight excluding hydrogens is 477 g/mol. The quantitative estimate of drug-likeness (QED) is 0.317. The number of methoxy groups -OCH3 is 3. The molecule has 1 atom stereocenters. The van der Waals surface area contributed by atoms with Gasteiger partial charge in [0, 0.05) is 29.5 Å². The van der Waals surface area contributed by atoms with E-state index in [2.05, 4.69) is 24.5 Å². The highest BCUT2D eigenvalue weighted by Gasteiger charge is 2.29. The van der Waals surface area contributed by atoms with Gasteiger partial charge in [-0.05, 0) is 38.5 Å². The number of benzene rings is 1. The molecule has 1 unspecified atom stereocenters. The second-order valence-electron chi connectivity index (χ2n) is 6.47. The Morgan fingerprint density at radius 2 is 1.78 bits per heavy atom. The van der Waals surface area contributed by atoms with Crippen LogP contribution in [0.2, 0.25) is 0 Å². The van der Waals surface area contributed by atoms with Gasteiger partial charge in [-0.2, -0.15) is 11.8 Å². The second-order valence-corrected chi connectivity index (χ2v) is 8.15. The van der Waals surface area contributed by atoms with Crippen LogP contribution in [0.25, 0.3) is 0 Å².